The number of carbonyl (C=O) groups excluding carboxylic acids is 1. The van der Waals surface area contributed by atoms with Gasteiger partial charge in [0.15, 0.2) is 0 Å². The standard InChI is InChI=1S/C17H25F2N3O/c1-11(12(2)20)17(23)21-13-5-4-8-22(9-13)10-14-15(18)6-3-7-16(14)19/h3,6-7,11-13H,4-5,8-10,20H2,1-2H3,(H,21,23). The van der Waals surface area contributed by atoms with Crippen molar-refractivity contribution in [2.24, 2.45) is 11.7 Å². The number of halogens is 2. The van der Waals surface area contributed by atoms with Crippen molar-refractivity contribution in [3.63, 3.8) is 0 Å². The second-order valence-electron chi connectivity index (χ2n) is 6.43. The molecular weight excluding hydrogens is 300 g/mol. The van der Waals surface area contributed by atoms with Gasteiger partial charge < -0.3 is 11.1 Å². The third-order valence-electron chi connectivity index (χ3n) is 4.50. The first-order chi connectivity index (χ1) is 10.9. The van der Waals surface area contributed by atoms with Crippen LogP contribution in [0.4, 0.5) is 8.78 Å². The first-order valence-electron chi connectivity index (χ1n) is 8.09. The second kappa shape index (κ2) is 7.84. The largest absolute Gasteiger partial charge is 0.352 e. The van der Waals surface area contributed by atoms with Crippen LogP contribution in [0.15, 0.2) is 18.2 Å². The van der Waals surface area contributed by atoms with E-state index in [1.165, 1.54) is 18.2 Å². The van der Waals surface area contributed by atoms with Crippen molar-refractivity contribution in [2.45, 2.75) is 45.3 Å². The highest BCUT2D eigenvalue weighted by molar-refractivity contribution is 5.79. The molecule has 1 heterocycles. The van der Waals surface area contributed by atoms with Gasteiger partial charge in [0.1, 0.15) is 11.6 Å². The number of carbonyl (C=O) groups is 1. The maximum Gasteiger partial charge on any atom is 0.224 e. The van der Waals surface area contributed by atoms with E-state index in [2.05, 4.69) is 5.32 Å². The molecule has 3 unspecified atom stereocenters. The molecule has 23 heavy (non-hydrogen) atoms. The molecule has 1 aliphatic heterocycles. The zero-order valence-electron chi connectivity index (χ0n) is 13.7. The van der Waals surface area contributed by atoms with E-state index in [0.717, 1.165) is 19.4 Å². The van der Waals surface area contributed by atoms with E-state index < -0.39 is 11.6 Å². The number of benzene rings is 1. The van der Waals surface area contributed by atoms with Crippen molar-refractivity contribution in [1.82, 2.24) is 10.2 Å². The highest BCUT2D eigenvalue weighted by atomic mass is 19.1. The Bertz CT molecular complexity index is 530. The van der Waals surface area contributed by atoms with E-state index in [1.54, 1.807) is 13.8 Å². The van der Waals surface area contributed by atoms with E-state index in [1.807, 2.05) is 4.90 Å². The van der Waals surface area contributed by atoms with Gasteiger partial charge >= 0.3 is 0 Å². The van der Waals surface area contributed by atoms with Crippen molar-refractivity contribution in [3.8, 4) is 0 Å². The predicted octanol–water partition coefficient (Wildman–Crippen LogP) is 2.03. The number of nitrogens with zero attached hydrogens (tertiary/aromatic N) is 1. The maximum atomic E-state index is 13.8. The van der Waals surface area contributed by atoms with Crippen LogP contribution in [0.5, 0.6) is 0 Å². The molecule has 1 saturated heterocycles. The molecule has 0 saturated carbocycles. The fourth-order valence-electron chi connectivity index (χ4n) is 2.80. The molecule has 1 aromatic carbocycles. The van der Waals surface area contributed by atoms with Crippen molar-refractivity contribution < 1.29 is 13.6 Å². The Kier molecular flexibility index (Phi) is 6.07. The summed E-state index contributed by atoms with van der Waals surface area (Å²) in [7, 11) is 0. The third-order valence-corrected chi connectivity index (χ3v) is 4.50. The molecule has 3 atom stereocenters. The van der Waals surface area contributed by atoms with Gasteiger partial charge in [-0.3, -0.25) is 9.69 Å². The Hall–Kier alpha value is -1.53. The smallest absolute Gasteiger partial charge is 0.224 e. The lowest BCUT2D eigenvalue weighted by molar-refractivity contribution is -0.126. The van der Waals surface area contributed by atoms with Crippen molar-refractivity contribution in [3.05, 3.63) is 35.4 Å². The van der Waals surface area contributed by atoms with Crippen LogP contribution >= 0.6 is 0 Å². The molecule has 0 aliphatic carbocycles. The van der Waals surface area contributed by atoms with E-state index in [-0.39, 0.29) is 36.0 Å². The minimum Gasteiger partial charge on any atom is -0.352 e. The SMILES string of the molecule is CC(N)C(C)C(=O)NC1CCCN(Cc2c(F)cccc2F)C1. The molecule has 0 aromatic heterocycles. The van der Waals surface area contributed by atoms with Gasteiger partial charge in [0.2, 0.25) is 5.91 Å². The summed E-state index contributed by atoms with van der Waals surface area (Å²) in [5.74, 6) is -1.37. The summed E-state index contributed by atoms with van der Waals surface area (Å²) in [5, 5.41) is 3.00. The van der Waals surface area contributed by atoms with Crippen LogP contribution in [0.3, 0.4) is 0 Å². The molecule has 4 nitrogen and oxygen atoms in total. The molecular formula is C17H25F2N3O. The highest BCUT2D eigenvalue weighted by Gasteiger charge is 2.25. The van der Waals surface area contributed by atoms with Gasteiger partial charge in [-0.05, 0) is 38.4 Å². The summed E-state index contributed by atoms with van der Waals surface area (Å²) in [6.07, 6.45) is 1.75. The lowest BCUT2D eigenvalue weighted by atomic mass is 10.0. The number of hydrogen-bond donors (Lipinski definition) is 2. The maximum absolute atomic E-state index is 13.8. The number of rotatable bonds is 5. The average molecular weight is 325 g/mol. The topological polar surface area (TPSA) is 58.4 Å². The van der Waals surface area contributed by atoms with Crippen LogP contribution in [0, 0.1) is 17.6 Å². The summed E-state index contributed by atoms with van der Waals surface area (Å²) in [6, 6.07) is 3.69. The zero-order valence-corrected chi connectivity index (χ0v) is 13.7. The Morgan fingerprint density at radius 3 is 2.65 bits per heavy atom. The van der Waals surface area contributed by atoms with Gasteiger partial charge in [-0.25, -0.2) is 8.78 Å². The molecule has 6 heteroatoms. The van der Waals surface area contributed by atoms with Gasteiger partial charge in [-0.15, -0.1) is 0 Å². The fourth-order valence-corrected chi connectivity index (χ4v) is 2.80. The Balaban J connectivity index is 1.95. The first-order valence-corrected chi connectivity index (χ1v) is 8.09. The minimum atomic E-state index is -0.526. The van der Waals surface area contributed by atoms with E-state index in [0.29, 0.717) is 6.54 Å². The van der Waals surface area contributed by atoms with Crippen molar-refractivity contribution >= 4 is 5.91 Å². The van der Waals surface area contributed by atoms with Gasteiger partial charge in [0, 0.05) is 36.7 Å². The summed E-state index contributed by atoms with van der Waals surface area (Å²) in [5.41, 5.74) is 5.84. The number of piperidine rings is 1. The lowest BCUT2D eigenvalue weighted by Crippen LogP contribution is -2.50. The fraction of sp³-hybridized carbons (Fsp3) is 0.588. The van der Waals surface area contributed by atoms with Crippen LogP contribution in [0.1, 0.15) is 32.3 Å². The Morgan fingerprint density at radius 2 is 2.04 bits per heavy atom. The summed E-state index contributed by atoms with van der Waals surface area (Å²) < 4.78 is 27.5. The van der Waals surface area contributed by atoms with Crippen LogP contribution in [0.25, 0.3) is 0 Å². The summed E-state index contributed by atoms with van der Waals surface area (Å²) in [6.45, 7) is 5.18. The van der Waals surface area contributed by atoms with Crippen LogP contribution in [0.2, 0.25) is 0 Å². The minimum absolute atomic E-state index is 0.00714. The predicted molar refractivity (Wildman–Crippen MR) is 85.6 cm³/mol. The number of likely N-dealkylation sites (tertiary alicyclic amines) is 1. The second-order valence-corrected chi connectivity index (χ2v) is 6.43. The van der Waals surface area contributed by atoms with Crippen LogP contribution in [-0.4, -0.2) is 36.0 Å². The molecule has 3 N–H and O–H groups in total. The number of amides is 1. The molecule has 2 rings (SSSR count). The molecule has 1 amide bonds. The van der Waals surface area contributed by atoms with Gasteiger partial charge in [-0.1, -0.05) is 13.0 Å². The van der Waals surface area contributed by atoms with Gasteiger partial charge in [0.05, 0.1) is 0 Å². The lowest BCUT2D eigenvalue weighted by Gasteiger charge is -2.34. The van der Waals surface area contributed by atoms with E-state index in [4.69, 9.17) is 5.73 Å². The number of nitrogens with one attached hydrogen (secondary N) is 1. The van der Waals surface area contributed by atoms with Crippen LogP contribution < -0.4 is 11.1 Å². The Labute approximate surface area is 136 Å². The molecule has 1 aliphatic rings. The first kappa shape index (κ1) is 17.8. The summed E-state index contributed by atoms with van der Waals surface area (Å²) >= 11 is 0. The highest BCUT2D eigenvalue weighted by Crippen LogP contribution is 2.18. The van der Waals surface area contributed by atoms with E-state index >= 15 is 0 Å². The average Bonchev–Trinajstić information content (AvgIpc) is 2.50. The molecule has 0 bridgehead atoms. The number of hydrogen-bond acceptors (Lipinski definition) is 3. The molecule has 1 fully saturated rings. The molecule has 0 radical (unpaired) electrons. The molecule has 0 spiro atoms. The molecule has 128 valence electrons. The number of nitrogens with two attached hydrogens (primary N) is 1. The van der Waals surface area contributed by atoms with Gasteiger partial charge in [0.25, 0.3) is 0 Å². The third kappa shape index (κ3) is 4.72. The zero-order chi connectivity index (χ0) is 17.0. The van der Waals surface area contributed by atoms with Crippen molar-refractivity contribution in [2.75, 3.05) is 13.1 Å². The van der Waals surface area contributed by atoms with Gasteiger partial charge in [-0.2, -0.15) is 0 Å². The quantitative estimate of drug-likeness (QED) is 0.871. The molecule has 1 aromatic rings. The summed E-state index contributed by atoms with van der Waals surface area (Å²) in [4.78, 5) is 14.1. The van der Waals surface area contributed by atoms with E-state index in [9.17, 15) is 13.6 Å². The van der Waals surface area contributed by atoms with Crippen LogP contribution in [-0.2, 0) is 11.3 Å². The van der Waals surface area contributed by atoms with Crippen molar-refractivity contribution in [1.29, 1.82) is 0 Å². The Morgan fingerprint density at radius 1 is 1.39 bits per heavy atom. The monoisotopic (exact) mass is 325 g/mol. The normalized spacial score (nSPS) is 21.7.